The van der Waals surface area contributed by atoms with Crippen LogP contribution in [-0.4, -0.2) is 51.8 Å². The monoisotopic (exact) mass is 620 g/mol. The molecular formula is C35H32N4O7. The number of aryl methyl sites for hydroxylation is 1. The molecule has 3 aromatic rings. The Hall–Kier alpha value is -5.45. The number of methoxy groups -OCH3 is 1. The molecule has 0 radical (unpaired) electrons. The number of primary amides is 1. The van der Waals surface area contributed by atoms with E-state index in [-0.39, 0.29) is 18.6 Å². The molecule has 6 amide bonds. The number of likely N-dealkylation sites (tertiary alicyclic amines) is 1. The van der Waals surface area contributed by atoms with Crippen molar-refractivity contribution in [2.24, 2.45) is 29.4 Å². The average Bonchev–Trinajstić information content (AvgIpc) is 3.44. The Balaban J connectivity index is 1.48. The van der Waals surface area contributed by atoms with Crippen molar-refractivity contribution in [1.29, 1.82) is 0 Å². The van der Waals surface area contributed by atoms with Gasteiger partial charge in [0.05, 0.1) is 36.0 Å². The zero-order chi connectivity index (χ0) is 32.5. The molecule has 3 aromatic carbocycles. The Bertz CT molecular complexity index is 1840. The summed E-state index contributed by atoms with van der Waals surface area (Å²) in [5.41, 5.74) is 10.0. The number of allylic oxidation sites excluding steroid dienone is 2. The fourth-order valence-electron chi connectivity index (χ4n) is 8.20. The van der Waals surface area contributed by atoms with Crippen molar-refractivity contribution in [1.82, 2.24) is 9.91 Å². The van der Waals surface area contributed by atoms with Gasteiger partial charge in [0.15, 0.2) is 0 Å². The molecule has 234 valence electrons. The van der Waals surface area contributed by atoms with Gasteiger partial charge >= 0.3 is 6.03 Å². The summed E-state index contributed by atoms with van der Waals surface area (Å²) in [6, 6.07) is 19.8. The van der Waals surface area contributed by atoms with Crippen molar-refractivity contribution >= 4 is 35.3 Å². The number of nitrogens with zero attached hydrogens (tertiary/aromatic N) is 2. The van der Waals surface area contributed by atoms with Crippen LogP contribution in [0.4, 0.5) is 10.5 Å². The highest BCUT2D eigenvalue weighted by Crippen LogP contribution is 2.65. The second-order valence-electron chi connectivity index (χ2n) is 12.4. The lowest BCUT2D eigenvalue weighted by Crippen LogP contribution is -2.53. The highest BCUT2D eigenvalue weighted by atomic mass is 16.5. The summed E-state index contributed by atoms with van der Waals surface area (Å²) in [6.45, 7) is 1.93. The molecule has 11 nitrogen and oxygen atoms in total. The van der Waals surface area contributed by atoms with Gasteiger partial charge in [0.2, 0.25) is 11.8 Å². The standard InChI is InChI=1S/C35H32N4O7/c1-18-8-10-20(11-9-18)37-39-31(42)26-17-24-22(13-14-23-28(24)32(43)38(30(23)41)34(36)45)29(25-16-21(46-2)12-15-27(25)40)35(26,33(39)44)19-6-4-3-5-7-19/h3-13,15-16,23-24,26,28-29,37,40H,14,17H2,1-2H3,(H2,36,45). The first-order valence-electron chi connectivity index (χ1n) is 15.1. The number of carbonyl (C=O) groups excluding carboxylic acids is 5. The molecule has 46 heavy (non-hydrogen) atoms. The normalized spacial score (nSPS) is 28.4. The van der Waals surface area contributed by atoms with Crippen LogP contribution in [0.5, 0.6) is 11.5 Å². The number of ether oxygens (including phenoxy) is 1. The van der Waals surface area contributed by atoms with Gasteiger partial charge in [-0.05, 0) is 61.6 Å². The summed E-state index contributed by atoms with van der Waals surface area (Å²) in [7, 11) is 1.48. The lowest BCUT2D eigenvalue weighted by Gasteiger charge is -2.50. The highest BCUT2D eigenvalue weighted by molar-refractivity contribution is 6.17. The largest absolute Gasteiger partial charge is 0.508 e. The molecule has 2 aliphatic heterocycles. The molecule has 7 rings (SSSR count). The van der Waals surface area contributed by atoms with Crippen molar-refractivity contribution in [2.45, 2.75) is 31.1 Å². The number of aromatic hydroxyl groups is 1. The van der Waals surface area contributed by atoms with Crippen LogP contribution in [0.3, 0.4) is 0 Å². The number of carbonyl (C=O) groups is 5. The number of urea groups is 1. The molecule has 0 spiro atoms. The fraction of sp³-hybridized carbons (Fsp3) is 0.286. The number of phenolic OH excluding ortho intramolecular Hbond substituents is 1. The van der Waals surface area contributed by atoms with E-state index in [2.05, 4.69) is 5.43 Å². The maximum absolute atomic E-state index is 15.1. The first-order chi connectivity index (χ1) is 22.1. The summed E-state index contributed by atoms with van der Waals surface area (Å²) >= 11 is 0. The van der Waals surface area contributed by atoms with Gasteiger partial charge in [-0.3, -0.25) is 24.6 Å². The van der Waals surface area contributed by atoms with Crippen LogP contribution in [0.2, 0.25) is 0 Å². The van der Waals surface area contributed by atoms with E-state index >= 15 is 4.79 Å². The zero-order valence-corrected chi connectivity index (χ0v) is 25.2. The Kier molecular flexibility index (Phi) is 6.73. The number of phenols is 1. The quantitative estimate of drug-likeness (QED) is 0.287. The molecule has 3 fully saturated rings. The topological polar surface area (TPSA) is 159 Å². The van der Waals surface area contributed by atoms with Crippen molar-refractivity contribution in [3.05, 3.63) is 101 Å². The number of hydrogen-bond acceptors (Lipinski definition) is 8. The molecule has 4 aliphatic rings. The van der Waals surface area contributed by atoms with Crippen LogP contribution in [0, 0.1) is 30.6 Å². The van der Waals surface area contributed by atoms with Crippen molar-refractivity contribution in [2.75, 3.05) is 12.5 Å². The minimum atomic E-state index is -1.55. The SMILES string of the molecule is COc1ccc(O)c(C2C3=CCC4C(=O)N(C(N)=O)C(=O)C4C3CC3C(=O)N(Nc4ccc(C)cc4)C(=O)C32c2ccccc2)c1. The third-order valence-electron chi connectivity index (χ3n) is 10.2. The van der Waals surface area contributed by atoms with Crippen LogP contribution in [0.15, 0.2) is 84.4 Å². The molecule has 6 unspecified atom stereocenters. The maximum Gasteiger partial charge on any atom is 0.328 e. The summed E-state index contributed by atoms with van der Waals surface area (Å²) in [6.07, 6.45) is 2.00. The van der Waals surface area contributed by atoms with E-state index in [1.807, 2.05) is 31.2 Å². The predicted molar refractivity (Wildman–Crippen MR) is 165 cm³/mol. The second kappa shape index (κ2) is 10.6. The Morgan fingerprint density at radius 1 is 0.957 bits per heavy atom. The van der Waals surface area contributed by atoms with Gasteiger partial charge in [-0.2, -0.15) is 9.91 Å². The Morgan fingerprint density at radius 3 is 2.35 bits per heavy atom. The highest BCUT2D eigenvalue weighted by Gasteiger charge is 2.70. The molecule has 1 saturated carbocycles. The van der Waals surface area contributed by atoms with Crippen LogP contribution in [0.1, 0.15) is 35.4 Å². The molecule has 6 atom stereocenters. The van der Waals surface area contributed by atoms with Gasteiger partial charge < -0.3 is 15.6 Å². The molecule has 2 aliphatic carbocycles. The van der Waals surface area contributed by atoms with Crippen LogP contribution in [0.25, 0.3) is 0 Å². The predicted octanol–water partition coefficient (Wildman–Crippen LogP) is 3.77. The van der Waals surface area contributed by atoms with Gasteiger partial charge in [-0.25, -0.2) is 4.79 Å². The van der Waals surface area contributed by atoms with Crippen molar-refractivity contribution < 1.29 is 33.8 Å². The fourth-order valence-corrected chi connectivity index (χ4v) is 8.20. The third-order valence-corrected chi connectivity index (χ3v) is 10.2. The van der Waals surface area contributed by atoms with E-state index in [0.717, 1.165) is 10.6 Å². The van der Waals surface area contributed by atoms with E-state index in [4.69, 9.17) is 10.5 Å². The number of nitrogens with one attached hydrogen (secondary N) is 1. The number of hydrogen-bond donors (Lipinski definition) is 3. The molecule has 2 saturated heterocycles. The van der Waals surface area contributed by atoms with Crippen LogP contribution >= 0.6 is 0 Å². The van der Waals surface area contributed by atoms with E-state index in [1.165, 1.54) is 13.2 Å². The summed E-state index contributed by atoms with van der Waals surface area (Å²) < 4.78 is 5.52. The van der Waals surface area contributed by atoms with Gasteiger partial charge in [-0.1, -0.05) is 59.7 Å². The number of nitrogens with two attached hydrogens (primary N) is 1. The van der Waals surface area contributed by atoms with E-state index in [0.29, 0.717) is 33.0 Å². The van der Waals surface area contributed by atoms with E-state index in [1.54, 1.807) is 48.5 Å². The number of hydrazine groups is 1. The van der Waals surface area contributed by atoms with E-state index in [9.17, 15) is 24.3 Å². The molecular weight excluding hydrogens is 588 g/mol. The Labute approximate surface area is 264 Å². The second-order valence-corrected chi connectivity index (χ2v) is 12.4. The number of imide groups is 4. The minimum Gasteiger partial charge on any atom is -0.508 e. The molecule has 11 heteroatoms. The first kappa shape index (κ1) is 29.3. The van der Waals surface area contributed by atoms with Gasteiger partial charge in [-0.15, -0.1) is 0 Å². The Morgan fingerprint density at radius 2 is 1.67 bits per heavy atom. The van der Waals surface area contributed by atoms with Gasteiger partial charge in [0.1, 0.15) is 11.5 Å². The number of fused-ring (bicyclic) bond motifs is 4. The molecule has 2 heterocycles. The lowest BCUT2D eigenvalue weighted by molar-refractivity contribution is -0.139. The zero-order valence-electron chi connectivity index (χ0n) is 25.2. The molecule has 4 N–H and O–H groups in total. The third kappa shape index (κ3) is 4.00. The van der Waals surface area contributed by atoms with Crippen LogP contribution in [-0.2, 0) is 24.6 Å². The first-order valence-corrected chi connectivity index (χ1v) is 15.1. The number of rotatable bonds is 5. The van der Waals surface area contributed by atoms with Crippen molar-refractivity contribution in [3.63, 3.8) is 0 Å². The average molecular weight is 621 g/mol. The number of benzene rings is 3. The molecule has 0 bridgehead atoms. The summed E-state index contributed by atoms with van der Waals surface area (Å²) in [5.74, 6) is -6.58. The van der Waals surface area contributed by atoms with Gasteiger partial charge in [0, 0.05) is 11.5 Å². The maximum atomic E-state index is 15.1. The van der Waals surface area contributed by atoms with Crippen LogP contribution < -0.4 is 15.9 Å². The lowest BCUT2D eigenvalue weighted by atomic mass is 9.49. The molecule has 0 aromatic heterocycles. The van der Waals surface area contributed by atoms with Crippen molar-refractivity contribution in [3.8, 4) is 11.5 Å². The van der Waals surface area contributed by atoms with Gasteiger partial charge in [0.25, 0.3) is 11.8 Å². The van der Waals surface area contributed by atoms with E-state index < -0.39 is 64.7 Å². The minimum absolute atomic E-state index is 0.0470. The summed E-state index contributed by atoms with van der Waals surface area (Å²) in [5, 5.41) is 12.5. The number of amides is 6. The smallest absolute Gasteiger partial charge is 0.328 e. The number of anilines is 1. The summed E-state index contributed by atoms with van der Waals surface area (Å²) in [4.78, 5) is 69.3.